The maximum atomic E-state index is 12.1. The van der Waals surface area contributed by atoms with Gasteiger partial charge >= 0.3 is 0 Å². The molecule has 128 valence electrons. The summed E-state index contributed by atoms with van der Waals surface area (Å²) in [6, 6.07) is 5.44. The highest BCUT2D eigenvalue weighted by atomic mass is 32.2. The van der Waals surface area contributed by atoms with E-state index in [-0.39, 0.29) is 11.8 Å². The number of anilines is 2. The lowest BCUT2D eigenvalue weighted by atomic mass is 10.0. The van der Waals surface area contributed by atoms with Gasteiger partial charge in [0.2, 0.25) is 10.0 Å². The zero-order valence-corrected chi connectivity index (χ0v) is 14.8. The quantitative estimate of drug-likeness (QED) is 0.893. The lowest BCUT2D eigenvalue weighted by Crippen LogP contribution is -2.46. The number of nitrogens with zero attached hydrogens (tertiary/aromatic N) is 4. The van der Waals surface area contributed by atoms with Gasteiger partial charge in [-0.25, -0.2) is 23.4 Å². The first-order valence-electron chi connectivity index (χ1n) is 7.94. The van der Waals surface area contributed by atoms with E-state index in [2.05, 4.69) is 20.3 Å². The third-order valence-corrected chi connectivity index (χ3v) is 6.03. The Morgan fingerprint density at radius 3 is 2.75 bits per heavy atom. The van der Waals surface area contributed by atoms with E-state index >= 15 is 0 Å². The van der Waals surface area contributed by atoms with Gasteiger partial charge in [0.15, 0.2) is 0 Å². The van der Waals surface area contributed by atoms with E-state index in [1.165, 1.54) is 4.31 Å². The zero-order valence-electron chi connectivity index (χ0n) is 14.0. The minimum absolute atomic E-state index is 0.103. The van der Waals surface area contributed by atoms with E-state index in [0.717, 1.165) is 23.5 Å². The van der Waals surface area contributed by atoms with E-state index in [1.807, 2.05) is 25.1 Å². The molecule has 0 bridgehead atoms. The van der Waals surface area contributed by atoms with Crippen LogP contribution in [0.2, 0.25) is 0 Å². The van der Waals surface area contributed by atoms with Crippen LogP contribution in [-0.2, 0) is 10.0 Å². The van der Waals surface area contributed by atoms with Gasteiger partial charge in [-0.1, -0.05) is 6.07 Å². The molecule has 2 aromatic rings. The SMILES string of the molecule is CCS(=O)(=O)N1CC[C@H]1c1cc(Nc2ncccc2C)nc(C)n1. The summed E-state index contributed by atoms with van der Waals surface area (Å²) in [6.45, 7) is 5.97. The minimum atomic E-state index is -3.21. The molecule has 3 rings (SSSR count). The fraction of sp³-hybridized carbons (Fsp3) is 0.438. The van der Waals surface area contributed by atoms with E-state index in [1.54, 1.807) is 20.0 Å². The number of pyridine rings is 1. The highest BCUT2D eigenvalue weighted by Crippen LogP contribution is 2.35. The Hall–Kier alpha value is -2.06. The second-order valence-electron chi connectivity index (χ2n) is 5.83. The third-order valence-electron chi connectivity index (χ3n) is 4.15. The molecule has 7 nitrogen and oxygen atoms in total. The average molecular weight is 347 g/mol. The van der Waals surface area contributed by atoms with Gasteiger partial charge in [0, 0.05) is 18.8 Å². The number of aryl methyl sites for hydroxylation is 2. The van der Waals surface area contributed by atoms with Crippen molar-refractivity contribution in [1.29, 1.82) is 0 Å². The molecule has 1 atom stereocenters. The minimum Gasteiger partial charge on any atom is -0.325 e. The molecule has 3 heterocycles. The molecule has 8 heteroatoms. The molecular weight excluding hydrogens is 326 g/mol. The van der Waals surface area contributed by atoms with E-state index < -0.39 is 10.0 Å². The van der Waals surface area contributed by atoms with Crippen molar-refractivity contribution >= 4 is 21.7 Å². The number of sulfonamides is 1. The highest BCUT2D eigenvalue weighted by molar-refractivity contribution is 7.89. The summed E-state index contributed by atoms with van der Waals surface area (Å²) in [7, 11) is -3.21. The Kier molecular flexibility index (Phi) is 4.51. The second-order valence-corrected chi connectivity index (χ2v) is 8.05. The van der Waals surface area contributed by atoms with Crippen LogP contribution in [0, 0.1) is 13.8 Å². The smallest absolute Gasteiger partial charge is 0.214 e. The number of aromatic nitrogens is 3. The highest BCUT2D eigenvalue weighted by Gasteiger charge is 2.38. The number of hydrogen-bond donors (Lipinski definition) is 1. The first-order chi connectivity index (χ1) is 11.4. The molecule has 24 heavy (non-hydrogen) atoms. The fourth-order valence-electron chi connectivity index (χ4n) is 2.72. The van der Waals surface area contributed by atoms with Crippen LogP contribution in [0.3, 0.4) is 0 Å². The van der Waals surface area contributed by atoms with Crippen LogP contribution in [0.1, 0.15) is 36.5 Å². The average Bonchev–Trinajstić information content (AvgIpc) is 2.47. The maximum absolute atomic E-state index is 12.1. The summed E-state index contributed by atoms with van der Waals surface area (Å²) in [5, 5.41) is 3.19. The van der Waals surface area contributed by atoms with Gasteiger partial charge in [0.25, 0.3) is 0 Å². The van der Waals surface area contributed by atoms with Gasteiger partial charge in [-0.15, -0.1) is 0 Å². The van der Waals surface area contributed by atoms with E-state index in [0.29, 0.717) is 18.2 Å². The molecule has 0 spiro atoms. The molecule has 0 radical (unpaired) electrons. The van der Waals surface area contributed by atoms with Gasteiger partial charge in [-0.05, 0) is 38.8 Å². The number of hydrogen-bond acceptors (Lipinski definition) is 6. The van der Waals surface area contributed by atoms with Crippen molar-refractivity contribution in [3.63, 3.8) is 0 Å². The fourth-order valence-corrected chi connectivity index (χ4v) is 4.04. The zero-order chi connectivity index (χ0) is 17.3. The van der Waals surface area contributed by atoms with Crippen molar-refractivity contribution in [3.8, 4) is 0 Å². The van der Waals surface area contributed by atoms with Gasteiger partial charge in [0.1, 0.15) is 17.5 Å². The van der Waals surface area contributed by atoms with Crippen molar-refractivity contribution in [3.05, 3.63) is 41.5 Å². The summed E-state index contributed by atoms with van der Waals surface area (Å²) >= 11 is 0. The molecular formula is C16H21N5O2S. The van der Waals surface area contributed by atoms with Crippen molar-refractivity contribution < 1.29 is 8.42 Å². The van der Waals surface area contributed by atoms with E-state index in [9.17, 15) is 8.42 Å². The Bertz CT molecular complexity index is 853. The van der Waals surface area contributed by atoms with Crippen LogP contribution in [0.4, 0.5) is 11.6 Å². The second kappa shape index (κ2) is 6.45. The first-order valence-corrected chi connectivity index (χ1v) is 9.55. The molecule has 0 unspecified atom stereocenters. The van der Waals surface area contributed by atoms with Crippen LogP contribution < -0.4 is 5.32 Å². The largest absolute Gasteiger partial charge is 0.325 e. The Balaban J connectivity index is 1.89. The molecule has 1 fully saturated rings. The summed E-state index contributed by atoms with van der Waals surface area (Å²) < 4.78 is 25.8. The molecule has 0 saturated carbocycles. The van der Waals surface area contributed by atoms with Crippen LogP contribution >= 0.6 is 0 Å². The molecule has 1 saturated heterocycles. The van der Waals surface area contributed by atoms with Crippen molar-refractivity contribution in [2.45, 2.75) is 33.2 Å². The first kappa shape index (κ1) is 16.8. The molecule has 0 aromatic carbocycles. The van der Waals surface area contributed by atoms with Crippen LogP contribution in [0.5, 0.6) is 0 Å². The molecule has 1 aliphatic rings. The van der Waals surface area contributed by atoms with Crippen molar-refractivity contribution in [1.82, 2.24) is 19.3 Å². The van der Waals surface area contributed by atoms with Gasteiger partial charge in [-0.3, -0.25) is 0 Å². The molecule has 1 aliphatic heterocycles. The Morgan fingerprint density at radius 1 is 1.33 bits per heavy atom. The molecule has 1 N–H and O–H groups in total. The summed E-state index contributed by atoms with van der Waals surface area (Å²) in [5.41, 5.74) is 1.73. The van der Waals surface area contributed by atoms with Gasteiger partial charge < -0.3 is 5.32 Å². The summed E-state index contributed by atoms with van der Waals surface area (Å²) in [5.74, 6) is 2.06. The topological polar surface area (TPSA) is 88.1 Å². The predicted octanol–water partition coefficient (Wildman–Crippen LogP) is 2.33. The molecule has 0 amide bonds. The molecule has 2 aromatic heterocycles. The summed E-state index contributed by atoms with van der Waals surface area (Å²) in [6.07, 6.45) is 2.49. The maximum Gasteiger partial charge on any atom is 0.214 e. The summed E-state index contributed by atoms with van der Waals surface area (Å²) in [4.78, 5) is 13.1. The monoisotopic (exact) mass is 347 g/mol. The van der Waals surface area contributed by atoms with Crippen molar-refractivity contribution in [2.24, 2.45) is 0 Å². The van der Waals surface area contributed by atoms with Crippen molar-refractivity contribution in [2.75, 3.05) is 17.6 Å². The third kappa shape index (κ3) is 3.25. The van der Waals surface area contributed by atoms with Crippen LogP contribution in [0.15, 0.2) is 24.4 Å². The normalized spacial score (nSPS) is 18.2. The van der Waals surface area contributed by atoms with Crippen LogP contribution in [0.25, 0.3) is 0 Å². The predicted molar refractivity (Wildman–Crippen MR) is 92.6 cm³/mol. The Morgan fingerprint density at radius 2 is 2.12 bits per heavy atom. The molecule has 0 aliphatic carbocycles. The lowest BCUT2D eigenvalue weighted by Gasteiger charge is -2.39. The van der Waals surface area contributed by atoms with Gasteiger partial charge in [0.05, 0.1) is 17.5 Å². The lowest BCUT2D eigenvalue weighted by molar-refractivity contribution is 0.197. The Labute approximate surface area is 142 Å². The standard InChI is InChI=1S/C16H21N5O2S/c1-4-24(22,23)21-9-7-14(21)13-10-15(19-12(3)18-13)20-16-11(2)6-5-8-17-16/h5-6,8,10,14H,4,7,9H2,1-3H3,(H,17,18,19,20)/t14-/m0/s1. The van der Waals surface area contributed by atoms with E-state index in [4.69, 9.17) is 0 Å². The number of nitrogens with one attached hydrogen (secondary N) is 1. The van der Waals surface area contributed by atoms with Crippen LogP contribution in [-0.4, -0.2) is 40.0 Å². The van der Waals surface area contributed by atoms with Gasteiger partial charge in [-0.2, -0.15) is 4.31 Å². The number of rotatable bonds is 5.